The predicted octanol–water partition coefficient (Wildman–Crippen LogP) is 2.77. The Morgan fingerprint density at radius 2 is 1.89 bits per heavy atom. The molecular formula is C14H14BrNO2. The highest BCUT2D eigenvalue weighted by Crippen LogP contribution is 2.30. The molecule has 3 nitrogen and oxygen atoms in total. The Balaban J connectivity index is 1.99. The summed E-state index contributed by atoms with van der Waals surface area (Å²) in [6.07, 6.45) is -0.438. The summed E-state index contributed by atoms with van der Waals surface area (Å²) < 4.78 is 6.33. The van der Waals surface area contributed by atoms with Crippen LogP contribution in [0, 0.1) is 0 Å². The van der Waals surface area contributed by atoms with Gasteiger partial charge in [0.2, 0.25) is 0 Å². The van der Waals surface area contributed by atoms with Gasteiger partial charge in [-0.05, 0) is 17.5 Å². The minimum Gasteiger partial charge on any atom is -0.388 e. The Labute approximate surface area is 114 Å². The van der Waals surface area contributed by atoms with Gasteiger partial charge in [-0.2, -0.15) is 0 Å². The predicted molar refractivity (Wildman–Crippen MR) is 75.9 cm³/mol. The standard InChI is InChI=1S/C14H14BrNO2/c15-11-5-6-12(10-4-2-1-3-9(10)11)16-13-7-18-8-14(13)17/h1-6,13-14,16-17H,7-8H2. The van der Waals surface area contributed by atoms with Crippen LogP contribution in [-0.2, 0) is 4.74 Å². The van der Waals surface area contributed by atoms with Crippen molar-refractivity contribution in [2.24, 2.45) is 0 Å². The van der Waals surface area contributed by atoms with Gasteiger partial charge in [0, 0.05) is 15.5 Å². The van der Waals surface area contributed by atoms with Crippen molar-refractivity contribution < 1.29 is 9.84 Å². The van der Waals surface area contributed by atoms with Gasteiger partial charge in [0.05, 0.1) is 25.4 Å². The number of halogens is 1. The molecule has 1 aliphatic heterocycles. The fourth-order valence-electron chi connectivity index (χ4n) is 2.27. The lowest BCUT2D eigenvalue weighted by atomic mass is 10.1. The zero-order valence-corrected chi connectivity index (χ0v) is 11.4. The average molecular weight is 308 g/mol. The second-order valence-electron chi connectivity index (χ2n) is 4.50. The van der Waals surface area contributed by atoms with Gasteiger partial charge in [-0.3, -0.25) is 0 Å². The second-order valence-corrected chi connectivity index (χ2v) is 5.35. The molecule has 18 heavy (non-hydrogen) atoms. The Morgan fingerprint density at radius 1 is 1.11 bits per heavy atom. The van der Waals surface area contributed by atoms with E-state index in [9.17, 15) is 5.11 Å². The number of nitrogens with one attached hydrogen (secondary N) is 1. The summed E-state index contributed by atoms with van der Waals surface area (Å²) in [6, 6.07) is 12.2. The number of benzene rings is 2. The van der Waals surface area contributed by atoms with Crippen LogP contribution in [0.1, 0.15) is 0 Å². The van der Waals surface area contributed by atoms with E-state index < -0.39 is 6.10 Å². The topological polar surface area (TPSA) is 41.5 Å². The first-order chi connectivity index (χ1) is 8.75. The molecule has 94 valence electrons. The molecule has 0 spiro atoms. The molecule has 2 aromatic rings. The highest BCUT2D eigenvalue weighted by atomic mass is 79.9. The van der Waals surface area contributed by atoms with Crippen molar-refractivity contribution in [3.63, 3.8) is 0 Å². The Morgan fingerprint density at radius 3 is 2.61 bits per heavy atom. The van der Waals surface area contributed by atoms with Gasteiger partial charge in [-0.25, -0.2) is 0 Å². The lowest BCUT2D eigenvalue weighted by Crippen LogP contribution is -2.31. The molecule has 0 aliphatic carbocycles. The molecule has 0 saturated carbocycles. The van der Waals surface area contributed by atoms with Crippen molar-refractivity contribution in [1.29, 1.82) is 0 Å². The van der Waals surface area contributed by atoms with Crippen LogP contribution in [0.4, 0.5) is 5.69 Å². The maximum atomic E-state index is 9.78. The normalized spacial score (nSPS) is 23.4. The maximum absolute atomic E-state index is 9.78. The van der Waals surface area contributed by atoms with Crippen LogP contribution < -0.4 is 5.32 Å². The van der Waals surface area contributed by atoms with Gasteiger partial charge in [0.25, 0.3) is 0 Å². The van der Waals surface area contributed by atoms with Crippen molar-refractivity contribution in [1.82, 2.24) is 0 Å². The Hall–Kier alpha value is -1.10. The molecule has 0 bridgehead atoms. The van der Waals surface area contributed by atoms with E-state index in [1.165, 1.54) is 0 Å². The van der Waals surface area contributed by atoms with E-state index in [0.29, 0.717) is 13.2 Å². The largest absolute Gasteiger partial charge is 0.388 e. The fourth-order valence-corrected chi connectivity index (χ4v) is 2.75. The summed E-state index contributed by atoms with van der Waals surface area (Å²) in [4.78, 5) is 0. The van der Waals surface area contributed by atoms with Crippen LogP contribution in [0.3, 0.4) is 0 Å². The van der Waals surface area contributed by atoms with Gasteiger partial charge in [-0.1, -0.05) is 40.2 Å². The first kappa shape index (κ1) is 12.0. The molecule has 0 aromatic heterocycles. The molecule has 0 radical (unpaired) electrons. The van der Waals surface area contributed by atoms with Crippen LogP contribution in [0.2, 0.25) is 0 Å². The van der Waals surface area contributed by atoms with Gasteiger partial charge in [-0.15, -0.1) is 0 Å². The molecule has 3 rings (SSSR count). The number of aliphatic hydroxyl groups is 1. The maximum Gasteiger partial charge on any atom is 0.0996 e. The van der Waals surface area contributed by atoms with E-state index in [4.69, 9.17) is 4.74 Å². The summed E-state index contributed by atoms with van der Waals surface area (Å²) in [5.41, 5.74) is 1.03. The smallest absolute Gasteiger partial charge is 0.0996 e. The zero-order valence-electron chi connectivity index (χ0n) is 9.77. The summed E-state index contributed by atoms with van der Waals surface area (Å²) >= 11 is 3.55. The first-order valence-corrected chi connectivity index (χ1v) is 6.74. The van der Waals surface area contributed by atoms with E-state index >= 15 is 0 Å². The highest BCUT2D eigenvalue weighted by Gasteiger charge is 2.26. The molecule has 0 amide bonds. The van der Waals surface area contributed by atoms with Crippen molar-refractivity contribution in [2.75, 3.05) is 18.5 Å². The van der Waals surface area contributed by atoms with Crippen LogP contribution >= 0.6 is 15.9 Å². The summed E-state index contributed by atoms with van der Waals surface area (Å²) in [6.45, 7) is 0.956. The number of aliphatic hydroxyl groups excluding tert-OH is 1. The molecule has 1 saturated heterocycles. The summed E-state index contributed by atoms with van der Waals surface area (Å²) in [5.74, 6) is 0. The first-order valence-electron chi connectivity index (χ1n) is 5.95. The molecule has 2 unspecified atom stereocenters. The minimum absolute atomic E-state index is 0.0328. The molecule has 1 heterocycles. The lowest BCUT2D eigenvalue weighted by Gasteiger charge is -2.18. The number of fused-ring (bicyclic) bond motifs is 1. The number of rotatable bonds is 2. The van der Waals surface area contributed by atoms with Crippen LogP contribution in [-0.4, -0.2) is 30.5 Å². The van der Waals surface area contributed by atoms with Crippen molar-refractivity contribution in [3.8, 4) is 0 Å². The monoisotopic (exact) mass is 307 g/mol. The molecule has 2 N–H and O–H groups in total. The van der Waals surface area contributed by atoms with Gasteiger partial charge in [0.15, 0.2) is 0 Å². The Bertz CT molecular complexity index is 573. The van der Waals surface area contributed by atoms with E-state index in [1.807, 2.05) is 24.3 Å². The third-order valence-electron chi connectivity index (χ3n) is 3.26. The molecule has 1 aliphatic rings. The van der Waals surface area contributed by atoms with E-state index in [1.54, 1.807) is 0 Å². The van der Waals surface area contributed by atoms with Gasteiger partial charge < -0.3 is 15.2 Å². The van der Waals surface area contributed by atoms with Crippen LogP contribution in [0.15, 0.2) is 40.9 Å². The van der Waals surface area contributed by atoms with Crippen molar-refractivity contribution in [2.45, 2.75) is 12.1 Å². The van der Waals surface area contributed by atoms with Crippen LogP contribution in [0.5, 0.6) is 0 Å². The van der Waals surface area contributed by atoms with Crippen molar-refractivity contribution >= 4 is 32.4 Å². The number of ether oxygens (including phenoxy) is 1. The highest BCUT2D eigenvalue weighted by molar-refractivity contribution is 9.10. The second kappa shape index (κ2) is 4.88. The molecular weight excluding hydrogens is 294 g/mol. The third-order valence-corrected chi connectivity index (χ3v) is 3.95. The third kappa shape index (κ3) is 2.11. The SMILES string of the molecule is OC1COCC1Nc1ccc(Br)c2ccccc12. The van der Waals surface area contributed by atoms with Gasteiger partial charge in [0.1, 0.15) is 0 Å². The Kier molecular flexibility index (Phi) is 3.24. The molecule has 4 heteroatoms. The minimum atomic E-state index is -0.438. The van der Waals surface area contributed by atoms with Crippen LogP contribution in [0.25, 0.3) is 10.8 Å². The molecule has 1 fully saturated rings. The van der Waals surface area contributed by atoms with E-state index in [-0.39, 0.29) is 6.04 Å². The number of hydrogen-bond donors (Lipinski definition) is 2. The fraction of sp³-hybridized carbons (Fsp3) is 0.286. The summed E-state index contributed by atoms with van der Waals surface area (Å²) in [7, 11) is 0. The molecule has 2 atom stereocenters. The average Bonchev–Trinajstić information content (AvgIpc) is 2.79. The molecule has 2 aromatic carbocycles. The van der Waals surface area contributed by atoms with Gasteiger partial charge >= 0.3 is 0 Å². The summed E-state index contributed by atoms with van der Waals surface area (Å²) in [5, 5.41) is 15.5. The quantitative estimate of drug-likeness (QED) is 0.896. The number of hydrogen-bond acceptors (Lipinski definition) is 3. The van der Waals surface area contributed by atoms with Crippen molar-refractivity contribution in [3.05, 3.63) is 40.9 Å². The van der Waals surface area contributed by atoms with E-state index in [0.717, 1.165) is 20.9 Å². The van der Waals surface area contributed by atoms with E-state index in [2.05, 4.69) is 33.4 Å². The zero-order chi connectivity index (χ0) is 12.5. The number of anilines is 1. The lowest BCUT2D eigenvalue weighted by molar-refractivity contribution is 0.125.